The van der Waals surface area contributed by atoms with E-state index in [4.69, 9.17) is 42.6 Å². The van der Waals surface area contributed by atoms with Gasteiger partial charge >= 0.3 is 0 Å². The minimum Gasteiger partial charge on any atom is -0.356 e. The highest BCUT2D eigenvalue weighted by atomic mass is 16.9. The molecule has 21 nitrogen and oxygen atoms in total. The standard InChI is InChI=1S/C60H108N6O15/c1-58-73-40-28-16-25-37-61-52(67)31-19-11-5-8-14-23-35-56(71)65-44-50-47-77-60(3,80-50)75-42-30-18-27-39-63-54(69)33-21-12-6-9-15-24-36-57(72)66-45-51-48-78-59(2,81-51)74-41-29-17-26-38-62-53(68)32-20-10-4-7-13-22-34-55(70)64-43-49(79-58)46-76-58/h49-51H,4-48H2,1-3H3,(H,61,67)(H,62,68)(H,63,69)(H,64,70)(H,65,71)(H,66,72). The SMILES string of the molecule is CC12OCCCCCNC(=O)CCCCCCCCC(=O)NCC3COC(C)(OCCCCCNC(=O)CCCCCCCCC(=O)NCC4COC(C)(OCCCCCNC(=O)CCCCCCCCC(=O)NCC(CO1)O2)O4)O3. The van der Waals surface area contributed by atoms with Crippen LogP contribution in [0.15, 0.2) is 0 Å². The van der Waals surface area contributed by atoms with Crippen LogP contribution in [0.4, 0.5) is 0 Å². The van der Waals surface area contributed by atoms with E-state index < -0.39 is 17.9 Å². The molecule has 4 aliphatic heterocycles. The molecule has 6 atom stereocenters. The topological polar surface area (TPSA) is 258 Å². The van der Waals surface area contributed by atoms with Gasteiger partial charge in [-0.05, 0) is 96.3 Å². The number of fused-ring (bicyclic) bond motifs is 6. The highest BCUT2D eigenvalue weighted by Gasteiger charge is 2.40. The summed E-state index contributed by atoms with van der Waals surface area (Å²) in [6, 6.07) is 0. The van der Waals surface area contributed by atoms with Gasteiger partial charge in [0.15, 0.2) is 0 Å². The smallest absolute Gasteiger partial charge is 0.280 e. The summed E-state index contributed by atoms with van der Waals surface area (Å²) in [5, 5.41) is 18.0. The molecule has 81 heavy (non-hydrogen) atoms. The lowest BCUT2D eigenvalue weighted by Crippen LogP contribution is -2.36. The summed E-state index contributed by atoms with van der Waals surface area (Å²) in [4.78, 5) is 74.6. The predicted molar refractivity (Wildman–Crippen MR) is 306 cm³/mol. The molecular formula is C60H108N6O15. The molecule has 0 saturated carbocycles. The monoisotopic (exact) mass is 1150 g/mol. The summed E-state index contributed by atoms with van der Waals surface area (Å²) < 4.78 is 53.0. The third-order valence-corrected chi connectivity index (χ3v) is 15.0. The Bertz CT molecular complexity index is 1570. The second-order valence-electron chi connectivity index (χ2n) is 22.8. The number of carbonyl (C=O) groups is 6. The van der Waals surface area contributed by atoms with E-state index in [1.165, 1.54) is 0 Å². The second kappa shape index (κ2) is 42.3. The largest absolute Gasteiger partial charge is 0.356 e. The Kier molecular flexibility index (Phi) is 36.5. The molecule has 21 heteroatoms. The molecule has 0 aromatic heterocycles. The molecule has 0 aliphatic carbocycles. The Hall–Kier alpha value is -3.54. The quantitative estimate of drug-likeness (QED) is 0.135. The van der Waals surface area contributed by atoms with Crippen LogP contribution in [-0.2, 0) is 71.4 Å². The van der Waals surface area contributed by atoms with Crippen LogP contribution in [0.5, 0.6) is 0 Å². The first-order chi connectivity index (χ1) is 39.2. The summed E-state index contributed by atoms with van der Waals surface area (Å²) in [5.41, 5.74) is 0. The number of nitrogens with one attached hydrogen (secondary N) is 6. The summed E-state index contributed by atoms with van der Waals surface area (Å²) in [6.07, 6.45) is 26.8. The zero-order valence-electron chi connectivity index (χ0n) is 50.2. The Balaban J connectivity index is 1.05. The van der Waals surface area contributed by atoms with Gasteiger partial charge in [-0.1, -0.05) is 77.0 Å². The molecule has 4 saturated heterocycles. The Morgan fingerprint density at radius 2 is 0.481 bits per heavy atom. The molecule has 6 amide bonds. The van der Waals surface area contributed by atoms with E-state index in [0.29, 0.717) is 117 Å². The van der Waals surface area contributed by atoms with Crippen molar-refractivity contribution >= 4 is 35.4 Å². The van der Waals surface area contributed by atoms with Crippen molar-refractivity contribution < 1.29 is 71.4 Å². The molecule has 6 N–H and O–H groups in total. The van der Waals surface area contributed by atoms with Crippen LogP contribution in [0.25, 0.3) is 0 Å². The number of hydrogen-bond acceptors (Lipinski definition) is 15. The van der Waals surface area contributed by atoms with E-state index in [1.807, 2.05) is 0 Å². The van der Waals surface area contributed by atoms with Gasteiger partial charge in [0.25, 0.3) is 17.9 Å². The first-order valence-electron chi connectivity index (χ1n) is 31.7. The van der Waals surface area contributed by atoms with Crippen molar-refractivity contribution in [3.8, 4) is 0 Å². The molecule has 4 aliphatic rings. The van der Waals surface area contributed by atoms with Crippen molar-refractivity contribution in [3.05, 3.63) is 0 Å². The van der Waals surface area contributed by atoms with Gasteiger partial charge < -0.3 is 74.5 Å². The minimum absolute atomic E-state index is 0.00334. The van der Waals surface area contributed by atoms with Crippen LogP contribution >= 0.6 is 0 Å². The van der Waals surface area contributed by atoms with Gasteiger partial charge in [0.2, 0.25) is 35.4 Å². The predicted octanol–water partition coefficient (Wildman–Crippen LogP) is 7.89. The van der Waals surface area contributed by atoms with Crippen molar-refractivity contribution in [1.82, 2.24) is 31.9 Å². The molecule has 4 fully saturated rings. The lowest BCUT2D eigenvalue weighted by Gasteiger charge is -2.23. The van der Waals surface area contributed by atoms with Crippen molar-refractivity contribution in [2.45, 2.75) is 269 Å². The third kappa shape index (κ3) is 34.7. The molecule has 4 rings (SSSR count). The van der Waals surface area contributed by atoms with Crippen LogP contribution in [0.2, 0.25) is 0 Å². The summed E-state index contributed by atoms with van der Waals surface area (Å²) >= 11 is 0. The van der Waals surface area contributed by atoms with E-state index in [9.17, 15) is 28.8 Å². The molecule has 0 radical (unpaired) electrons. The lowest BCUT2D eigenvalue weighted by molar-refractivity contribution is -0.325. The van der Waals surface area contributed by atoms with E-state index in [1.54, 1.807) is 20.8 Å². The summed E-state index contributed by atoms with van der Waals surface area (Å²) in [5.74, 6) is -3.20. The van der Waals surface area contributed by atoms with E-state index in [0.717, 1.165) is 173 Å². The number of carbonyl (C=O) groups excluding carboxylic acids is 6. The van der Waals surface area contributed by atoms with E-state index >= 15 is 0 Å². The first kappa shape index (κ1) is 69.9. The average Bonchev–Trinajstić information content (AvgIpc) is 4.35. The molecule has 6 bridgehead atoms. The van der Waals surface area contributed by atoms with E-state index in [2.05, 4.69) is 31.9 Å². The fraction of sp³-hybridized carbons (Fsp3) is 0.900. The Morgan fingerprint density at radius 1 is 0.272 bits per heavy atom. The van der Waals surface area contributed by atoms with Gasteiger partial charge in [-0.3, -0.25) is 28.8 Å². The van der Waals surface area contributed by atoms with Crippen LogP contribution in [0.1, 0.15) is 233 Å². The average molecular weight is 1150 g/mol. The summed E-state index contributed by atoms with van der Waals surface area (Å²) in [6.45, 7) is 10.6. The minimum atomic E-state index is -1.14. The van der Waals surface area contributed by atoms with Crippen molar-refractivity contribution in [3.63, 3.8) is 0 Å². The maximum absolute atomic E-state index is 12.5. The molecule has 0 aromatic carbocycles. The zero-order chi connectivity index (χ0) is 58.1. The molecule has 0 aromatic rings. The highest BCUT2D eigenvalue weighted by molar-refractivity contribution is 5.77. The molecule has 468 valence electrons. The van der Waals surface area contributed by atoms with Crippen LogP contribution < -0.4 is 31.9 Å². The number of amides is 6. The van der Waals surface area contributed by atoms with Gasteiger partial charge in [-0.15, -0.1) is 0 Å². The maximum atomic E-state index is 12.5. The fourth-order valence-corrected chi connectivity index (χ4v) is 10.1. The summed E-state index contributed by atoms with van der Waals surface area (Å²) in [7, 11) is 0. The van der Waals surface area contributed by atoms with Gasteiger partial charge in [0.1, 0.15) is 18.3 Å². The first-order valence-corrected chi connectivity index (χ1v) is 31.7. The van der Waals surface area contributed by atoms with Gasteiger partial charge in [0.05, 0.1) is 39.6 Å². The van der Waals surface area contributed by atoms with Crippen molar-refractivity contribution in [1.29, 1.82) is 0 Å². The van der Waals surface area contributed by atoms with Crippen LogP contribution in [0, 0.1) is 0 Å². The lowest BCUT2D eigenvalue weighted by atomic mass is 10.1. The zero-order valence-corrected chi connectivity index (χ0v) is 50.2. The molecule has 0 spiro atoms. The van der Waals surface area contributed by atoms with E-state index in [-0.39, 0.29) is 53.8 Å². The number of hydrogen-bond donors (Lipinski definition) is 6. The van der Waals surface area contributed by atoms with Crippen molar-refractivity contribution in [2.24, 2.45) is 0 Å². The van der Waals surface area contributed by atoms with Crippen molar-refractivity contribution in [2.75, 3.05) is 78.9 Å². The molecular weight excluding hydrogens is 1040 g/mol. The third-order valence-electron chi connectivity index (χ3n) is 15.0. The fourth-order valence-electron chi connectivity index (χ4n) is 10.1. The molecule has 4 heterocycles. The van der Waals surface area contributed by atoms with Gasteiger partial charge in [-0.2, -0.15) is 0 Å². The Morgan fingerprint density at radius 3 is 0.728 bits per heavy atom. The maximum Gasteiger partial charge on any atom is 0.280 e. The van der Waals surface area contributed by atoms with Gasteiger partial charge in [-0.25, -0.2) is 0 Å². The second-order valence-corrected chi connectivity index (χ2v) is 22.8. The van der Waals surface area contributed by atoms with Gasteiger partial charge in [0, 0.05) is 98.6 Å². The molecule has 6 unspecified atom stereocenters. The number of ether oxygens (including phenoxy) is 9. The highest BCUT2D eigenvalue weighted by Crippen LogP contribution is 2.27. The Labute approximate surface area is 485 Å². The van der Waals surface area contributed by atoms with Crippen LogP contribution in [-0.4, -0.2) is 151 Å². The normalized spacial score (nSPS) is 31.2. The number of rotatable bonds is 0. The van der Waals surface area contributed by atoms with Crippen LogP contribution in [0.3, 0.4) is 0 Å².